The molecule has 0 amide bonds. The number of hydrogen-bond donors (Lipinski definition) is 2. The lowest BCUT2D eigenvalue weighted by Crippen LogP contribution is -1.99. The molecule has 10 heteroatoms. The van der Waals surface area contributed by atoms with Crippen molar-refractivity contribution in [2.24, 2.45) is 0 Å². The smallest absolute Gasteiger partial charge is 0.208 e. The highest BCUT2D eigenvalue weighted by Gasteiger charge is 2.13. The Morgan fingerprint density at radius 3 is 2.61 bits per heavy atom. The topological polar surface area (TPSA) is 106 Å². The molecule has 2 N–H and O–H groups in total. The van der Waals surface area contributed by atoms with Crippen molar-refractivity contribution in [1.29, 1.82) is 0 Å². The molecule has 0 radical (unpaired) electrons. The van der Waals surface area contributed by atoms with Gasteiger partial charge in [0.2, 0.25) is 5.13 Å². The number of aryl methyl sites for hydroxylation is 2. The maximum Gasteiger partial charge on any atom is 0.208 e. The first-order valence-corrected chi connectivity index (χ1v) is 11.0. The van der Waals surface area contributed by atoms with Gasteiger partial charge in [0.15, 0.2) is 11.6 Å². The van der Waals surface area contributed by atoms with Gasteiger partial charge in [-0.15, -0.1) is 0 Å². The molecular weight excluding hydrogens is 432 g/mol. The molecule has 0 atom stereocenters. The molecule has 8 nitrogen and oxygen atoms in total. The van der Waals surface area contributed by atoms with Crippen molar-refractivity contribution in [3.05, 3.63) is 66.5 Å². The number of aliphatic hydroxyl groups is 1. The van der Waals surface area contributed by atoms with Gasteiger partial charge in [0, 0.05) is 54.6 Å². The predicted molar refractivity (Wildman–Crippen MR) is 122 cm³/mol. The van der Waals surface area contributed by atoms with E-state index >= 15 is 0 Å². The van der Waals surface area contributed by atoms with E-state index in [0.29, 0.717) is 22.4 Å². The monoisotopic (exact) mass is 454 g/mol. The SMILES string of the molecule is CCc1nsc(Nc2ncc(Sc3ccccn3)cc2Oc2cccnc2C)n1.CO. The number of nitrogens with zero attached hydrogens (tertiary/aromatic N) is 5. The Labute approximate surface area is 189 Å². The molecule has 0 aromatic carbocycles. The zero-order valence-electron chi connectivity index (χ0n) is 17.3. The van der Waals surface area contributed by atoms with E-state index in [-0.39, 0.29) is 0 Å². The van der Waals surface area contributed by atoms with E-state index in [1.165, 1.54) is 23.3 Å². The van der Waals surface area contributed by atoms with Crippen LogP contribution in [0.5, 0.6) is 11.5 Å². The Morgan fingerprint density at radius 2 is 1.90 bits per heavy atom. The first-order chi connectivity index (χ1) is 15.2. The number of aromatic nitrogens is 5. The molecule has 4 aromatic rings. The summed E-state index contributed by atoms with van der Waals surface area (Å²) in [7, 11) is 1.00. The van der Waals surface area contributed by atoms with Crippen molar-refractivity contribution in [1.82, 2.24) is 24.3 Å². The number of pyridine rings is 3. The van der Waals surface area contributed by atoms with Gasteiger partial charge in [-0.25, -0.2) is 15.0 Å². The fraction of sp³-hybridized carbons (Fsp3) is 0.190. The van der Waals surface area contributed by atoms with Crippen molar-refractivity contribution in [2.45, 2.75) is 30.2 Å². The van der Waals surface area contributed by atoms with Crippen LogP contribution >= 0.6 is 23.3 Å². The van der Waals surface area contributed by atoms with E-state index in [1.54, 1.807) is 18.6 Å². The third-order valence-corrected chi connectivity index (χ3v) is 5.45. The third-order valence-electron chi connectivity index (χ3n) is 3.88. The highest BCUT2D eigenvalue weighted by atomic mass is 32.2. The lowest BCUT2D eigenvalue weighted by molar-refractivity contribution is 0.399. The van der Waals surface area contributed by atoms with Gasteiger partial charge in [0.1, 0.15) is 16.6 Å². The Kier molecular flexibility index (Phi) is 8.27. The van der Waals surface area contributed by atoms with Crippen LogP contribution in [0.4, 0.5) is 10.9 Å². The minimum atomic E-state index is 0.567. The average Bonchev–Trinajstić information content (AvgIpc) is 3.27. The Hall–Kier alpha value is -3.08. The molecule has 4 rings (SSSR count). The number of aliphatic hydroxyl groups excluding tert-OH is 1. The fourth-order valence-corrected chi connectivity index (χ4v) is 3.85. The van der Waals surface area contributed by atoms with Gasteiger partial charge in [0.05, 0.1) is 5.69 Å². The second kappa shape index (κ2) is 11.3. The van der Waals surface area contributed by atoms with Gasteiger partial charge < -0.3 is 15.2 Å². The number of anilines is 2. The predicted octanol–water partition coefficient (Wildman–Crippen LogP) is 4.89. The summed E-state index contributed by atoms with van der Waals surface area (Å²) in [4.78, 5) is 18.6. The molecule has 0 bridgehead atoms. The summed E-state index contributed by atoms with van der Waals surface area (Å²) in [5.41, 5.74) is 0.797. The molecule has 160 valence electrons. The summed E-state index contributed by atoms with van der Waals surface area (Å²) in [5.74, 6) is 2.61. The first kappa shape index (κ1) is 22.6. The summed E-state index contributed by atoms with van der Waals surface area (Å²) in [5, 5.41) is 11.8. The minimum absolute atomic E-state index is 0.567. The van der Waals surface area contributed by atoms with Crippen LogP contribution in [0.1, 0.15) is 18.4 Å². The second-order valence-corrected chi connectivity index (χ2v) is 7.82. The second-order valence-electron chi connectivity index (χ2n) is 5.97. The summed E-state index contributed by atoms with van der Waals surface area (Å²) in [6, 6.07) is 11.5. The molecule has 0 fully saturated rings. The summed E-state index contributed by atoms with van der Waals surface area (Å²) < 4.78 is 10.5. The van der Waals surface area contributed by atoms with E-state index in [2.05, 4.69) is 29.6 Å². The highest BCUT2D eigenvalue weighted by molar-refractivity contribution is 7.99. The molecule has 0 unspecified atom stereocenters. The zero-order valence-corrected chi connectivity index (χ0v) is 18.9. The maximum absolute atomic E-state index is 7.00. The number of nitrogens with one attached hydrogen (secondary N) is 1. The molecule has 31 heavy (non-hydrogen) atoms. The van der Waals surface area contributed by atoms with E-state index in [9.17, 15) is 0 Å². The van der Waals surface area contributed by atoms with Crippen LogP contribution in [-0.2, 0) is 6.42 Å². The molecule has 4 heterocycles. The van der Waals surface area contributed by atoms with Gasteiger partial charge >= 0.3 is 0 Å². The Balaban J connectivity index is 0.00000132. The Bertz CT molecular complexity index is 1110. The van der Waals surface area contributed by atoms with E-state index in [1.807, 2.05) is 50.2 Å². The van der Waals surface area contributed by atoms with Crippen LogP contribution in [0, 0.1) is 6.92 Å². The van der Waals surface area contributed by atoms with Crippen LogP contribution in [0.15, 0.2) is 64.9 Å². The highest BCUT2D eigenvalue weighted by Crippen LogP contribution is 2.36. The first-order valence-electron chi connectivity index (χ1n) is 9.44. The van der Waals surface area contributed by atoms with Gasteiger partial charge in [-0.05, 0) is 31.2 Å². The standard InChI is InChI=1S/C20H18N6OS2.CH4O/c1-3-17-24-20(29-26-17)25-19-16(27-15-7-6-10-21-13(15)2)11-14(12-23-19)28-18-8-4-5-9-22-18;1-2/h4-12H,3H2,1-2H3,(H,23,24,25,26);2H,1H3. The van der Waals surface area contributed by atoms with Gasteiger partial charge in [-0.3, -0.25) is 4.98 Å². The molecule has 0 spiro atoms. The molecule has 0 aliphatic carbocycles. The van der Waals surface area contributed by atoms with Crippen LogP contribution in [0.2, 0.25) is 0 Å². The molecule has 4 aromatic heterocycles. The molecule has 0 aliphatic heterocycles. The minimum Gasteiger partial charge on any atom is -0.452 e. The quantitative estimate of drug-likeness (QED) is 0.404. The van der Waals surface area contributed by atoms with Crippen molar-refractivity contribution >= 4 is 34.2 Å². The Morgan fingerprint density at radius 1 is 1.06 bits per heavy atom. The van der Waals surface area contributed by atoms with Gasteiger partial charge in [0.25, 0.3) is 0 Å². The van der Waals surface area contributed by atoms with E-state index in [0.717, 1.165) is 35.0 Å². The van der Waals surface area contributed by atoms with Crippen LogP contribution in [0.3, 0.4) is 0 Å². The largest absolute Gasteiger partial charge is 0.452 e. The van der Waals surface area contributed by atoms with Crippen LogP contribution in [-0.4, -0.2) is 36.5 Å². The summed E-state index contributed by atoms with van der Waals surface area (Å²) >= 11 is 2.82. The summed E-state index contributed by atoms with van der Waals surface area (Å²) in [6.45, 7) is 3.92. The fourth-order valence-electron chi connectivity index (χ4n) is 2.43. The number of hydrogen-bond acceptors (Lipinski definition) is 10. The molecule has 0 saturated carbocycles. The maximum atomic E-state index is 7.00. The number of ether oxygens (including phenoxy) is 1. The zero-order chi connectivity index (χ0) is 22.1. The molecule has 0 saturated heterocycles. The normalized spacial score (nSPS) is 10.2. The van der Waals surface area contributed by atoms with Gasteiger partial charge in [-0.1, -0.05) is 24.8 Å². The van der Waals surface area contributed by atoms with Gasteiger partial charge in [-0.2, -0.15) is 4.37 Å². The lowest BCUT2D eigenvalue weighted by Gasteiger charge is -2.13. The third kappa shape index (κ3) is 6.20. The van der Waals surface area contributed by atoms with Crippen molar-refractivity contribution in [3.8, 4) is 11.5 Å². The van der Waals surface area contributed by atoms with Crippen molar-refractivity contribution in [3.63, 3.8) is 0 Å². The van der Waals surface area contributed by atoms with E-state index in [4.69, 9.17) is 9.84 Å². The lowest BCUT2D eigenvalue weighted by atomic mass is 10.3. The molecular formula is C21H22N6O2S2. The van der Waals surface area contributed by atoms with Crippen LogP contribution in [0.25, 0.3) is 0 Å². The van der Waals surface area contributed by atoms with Crippen molar-refractivity contribution < 1.29 is 9.84 Å². The van der Waals surface area contributed by atoms with Crippen molar-refractivity contribution in [2.75, 3.05) is 12.4 Å². The van der Waals surface area contributed by atoms with E-state index < -0.39 is 0 Å². The van der Waals surface area contributed by atoms with Crippen LogP contribution < -0.4 is 10.1 Å². The molecule has 0 aliphatic rings. The average molecular weight is 455 g/mol. The number of rotatable bonds is 7. The summed E-state index contributed by atoms with van der Waals surface area (Å²) in [6.07, 6.45) is 6.07.